The van der Waals surface area contributed by atoms with Gasteiger partial charge < -0.3 is 45.3 Å². The number of benzene rings is 1. The number of carbonyl (C=O) groups excluding carboxylic acids is 6. The molecule has 17 heteroatoms. The Hall–Kier alpha value is -5.03. The highest BCUT2D eigenvalue weighted by molar-refractivity contribution is 7.20. The number of thiazole rings is 1. The van der Waals surface area contributed by atoms with Crippen LogP contribution in [0.15, 0.2) is 36.7 Å². The van der Waals surface area contributed by atoms with Crippen molar-refractivity contribution in [2.75, 3.05) is 65.1 Å². The van der Waals surface area contributed by atoms with E-state index in [-0.39, 0.29) is 36.7 Å². The molecule has 2 unspecified atom stereocenters. The van der Waals surface area contributed by atoms with E-state index >= 15 is 0 Å². The van der Waals surface area contributed by atoms with Crippen molar-refractivity contribution in [1.82, 2.24) is 29.8 Å². The van der Waals surface area contributed by atoms with Crippen molar-refractivity contribution in [2.45, 2.75) is 86.2 Å². The van der Waals surface area contributed by atoms with Gasteiger partial charge in [-0.3, -0.25) is 23.6 Å². The third-order valence-corrected chi connectivity index (χ3v) is 8.69. The Morgan fingerprint density at radius 1 is 1.04 bits per heavy atom. The Morgan fingerprint density at radius 2 is 1.66 bits per heavy atom. The summed E-state index contributed by atoms with van der Waals surface area (Å²) in [5, 5.41) is 11.3. The number of hydrogen-bond donors (Lipinski definition) is 4. The van der Waals surface area contributed by atoms with E-state index in [1.165, 1.54) is 25.5 Å². The standard InChI is InChI=1S/C20H24N6O2S.C12H22N2O4.C3H8.C2H4O2.C2H6/c1-21-10-18(27)26-9-3-4-15(26)19(28)23-14-7-5-13(6-8-14)16-11-25-12-17(22-2)24-20(25)29-16;1-5-6-14(7-8-15)11(16)10(9(2)3)13-12(17)18-4;1-3-2;1-4-2-3;1-2/h5-8,11-12,15,21-22H,3-4,9-10H2,1-2H3,(H,23,28);8-10H,5-7H2,1-4H3,(H,13,17);3H2,1-2H3;2H,1H3;1-2H3. The van der Waals surface area contributed by atoms with Crippen molar-refractivity contribution < 1.29 is 38.2 Å². The topological polar surface area (TPSA) is 193 Å². The lowest BCUT2D eigenvalue weighted by Gasteiger charge is -2.27. The van der Waals surface area contributed by atoms with Gasteiger partial charge in [-0.1, -0.05) is 78.4 Å². The first-order valence-corrected chi connectivity index (χ1v) is 19.8. The average molecular weight is 805 g/mol. The van der Waals surface area contributed by atoms with Gasteiger partial charge >= 0.3 is 6.09 Å². The second-order valence-corrected chi connectivity index (χ2v) is 13.4. The molecule has 3 aromatic rings. The number of hydrogen-bond acceptors (Lipinski definition) is 12. The van der Waals surface area contributed by atoms with E-state index in [4.69, 9.17) is 4.79 Å². The van der Waals surface area contributed by atoms with Crippen molar-refractivity contribution >= 4 is 64.4 Å². The molecule has 2 atom stereocenters. The molecule has 1 aliphatic heterocycles. The predicted octanol–water partition coefficient (Wildman–Crippen LogP) is 5.29. The Balaban J connectivity index is 0.000000961. The normalized spacial score (nSPS) is 13.1. The molecule has 1 saturated heterocycles. The van der Waals surface area contributed by atoms with Crippen molar-refractivity contribution in [2.24, 2.45) is 5.92 Å². The lowest BCUT2D eigenvalue weighted by molar-refractivity contribution is -0.136. The molecule has 4 N–H and O–H groups in total. The van der Waals surface area contributed by atoms with Crippen molar-refractivity contribution in [3.8, 4) is 10.4 Å². The van der Waals surface area contributed by atoms with E-state index in [0.717, 1.165) is 39.7 Å². The largest absolute Gasteiger partial charge is 0.471 e. The summed E-state index contributed by atoms with van der Waals surface area (Å²) in [5.74, 6) is 0.334. The summed E-state index contributed by atoms with van der Waals surface area (Å²) in [6.45, 7) is 15.6. The Labute approximate surface area is 336 Å². The molecule has 56 heavy (non-hydrogen) atoms. The summed E-state index contributed by atoms with van der Waals surface area (Å²) in [6.07, 6.45) is 7.58. The molecule has 1 fully saturated rings. The van der Waals surface area contributed by atoms with Crippen LogP contribution in [-0.4, -0.2) is 122 Å². The maximum absolute atomic E-state index is 12.7. The van der Waals surface area contributed by atoms with Crippen LogP contribution in [0.3, 0.4) is 0 Å². The van der Waals surface area contributed by atoms with Crippen LogP contribution < -0.4 is 21.3 Å². The van der Waals surface area contributed by atoms with Gasteiger partial charge in [-0.05, 0) is 49.9 Å². The number of rotatable bonds is 14. The van der Waals surface area contributed by atoms with Gasteiger partial charge in [0.2, 0.25) is 17.7 Å². The van der Waals surface area contributed by atoms with Gasteiger partial charge in [0.25, 0.3) is 6.47 Å². The number of imidazole rings is 1. The zero-order chi connectivity index (χ0) is 42.6. The zero-order valence-corrected chi connectivity index (χ0v) is 35.8. The number of nitrogens with one attached hydrogen (secondary N) is 4. The number of likely N-dealkylation sites (N-methyl/N-ethyl adjacent to an activating group) is 1. The first-order chi connectivity index (χ1) is 26.9. The molecule has 16 nitrogen and oxygen atoms in total. The summed E-state index contributed by atoms with van der Waals surface area (Å²) in [4.78, 5) is 77.4. The van der Waals surface area contributed by atoms with E-state index in [2.05, 4.69) is 49.6 Å². The number of fused-ring (bicyclic) bond motifs is 1. The average Bonchev–Trinajstić information content (AvgIpc) is 3.95. The third-order valence-electron chi connectivity index (χ3n) is 7.64. The lowest BCUT2D eigenvalue weighted by atomic mass is 10.0. The minimum atomic E-state index is -0.677. The Kier molecular flexibility index (Phi) is 26.7. The van der Waals surface area contributed by atoms with Crippen LogP contribution in [0.5, 0.6) is 0 Å². The number of methoxy groups -OCH3 is 2. The van der Waals surface area contributed by atoms with Gasteiger partial charge in [0.05, 0.1) is 38.4 Å². The van der Waals surface area contributed by atoms with Crippen LogP contribution in [0.2, 0.25) is 0 Å². The SMILES string of the molecule is CC.CCC.CCCN(CC=O)C(=O)C(NC(=O)OC)C(C)C.CNCC(=O)N1CCCC1C(=O)Nc1ccc(-c2cn3cc(NC)nc3s2)cc1.COC=O. The fourth-order valence-corrected chi connectivity index (χ4v) is 6.10. The van der Waals surface area contributed by atoms with Gasteiger partial charge in [-0.25, -0.2) is 9.78 Å². The van der Waals surface area contributed by atoms with Crippen LogP contribution in [-0.2, 0) is 33.4 Å². The second-order valence-electron chi connectivity index (χ2n) is 12.4. The highest BCUT2D eigenvalue weighted by atomic mass is 32.1. The molecule has 1 aromatic carbocycles. The van der Waals surface area contributed by atoms with Gasteiger partial charge in [-0.2, -0.15) is 0 Å². The van der Waals surface area contributed by atoms with Crippen LogP contribution in [0.4, 0.5) is 16.3 Å². The molecular weight excluding hydrogens is 741 g/mol. The number of amides is 4. The number of aromatic nitrogens is 2. The number of carbonyl (C=O) groups is 6. The fourth-order valence-electron chi connectivity index (χ4n) is 5.13. The highest BCUT2D eigenvalue weighted by Crippen LogP contribution is 2.30. The summed E-state index contributed by atoms with van der Waals surface area (Å²) in [6, 6.07) is 6.68. The van der Waals surface area contributed by atoms with E-state index < -0.39 is 18.2 Å². The number of anilines is 2. The summed E-state index contributed by atoms with van der Waals surface area (Å²) < 4.78 is 10.3. The van der Waals surface area contributed by atoms with Crippen molar-refractivity contribution in [3.05, 3.63) is 36.7 Å². The molecule has 2 aromatic heterocycles. The molecule has 0 radical (unpaired) electrons. The zero-order valence-electron chi connectivity index (χ0n) is 35.0. The molecule has 314 valence electrons. The number of likely N-dealkylation sites (tertiary alicyclic amines) is 1. The summed E-state index contributed by atoms with van der Waals surface area (Å²) in [7, 11) is 6.14. The summed E-state index contributed by atoms with van der Waals surface area (Å²) in [5.41, 5.74) is 1.79. The van der Waals surface area contributed by atoms with Gasteiger partial charge in [0.1, 0.15) is 24.2 Å². The van der Waals surface area contributed by atoms with Gasteiger partial charge in [0.15, 0.2) is 4.96 Å². The molecule has 3 heterocycles. The number of alkyl carbamates (subject to hydrolysis) is 1. The Bertz CT molecular complexity index is 1560. The van der Waals surface area contributed by atoms with E-state index in [0.29, 0.717) is 32.3 Å². The Morgan fingerprint density at radius 3 is 2.14 bits per heavy atom. The first-order valence-electron chi connectivity index (χ1n) is 18.9. The van der Waals surface area contributed by atoms with Gasteiger partial charge in [0, 0.05) is 32.0 Å². The third kappa shape index (κ3) is 17.2. The molecule has 4 amide bonds. The fraction of sp³-hybridized carbons (Fsp3) is 0.564. The van der Waals surface area contributed by atoms with Crippen LogP contribution >= 0.6 is 11.3 Å². The van der Waals surface area contributed by atoms with Crippen LogP contribution in [0, 0.1) is 5.92 Å². The smallest absolute Gasteiger partial charge is 0.407 e. The molecule has 0 saturated carbocycles. The molecule has 0 aliphatic carbocycles. The van der Waals surface area contributed by atoms with Crippen molar-refractivity contribution in [3.63, 3.8) is 0 Å². The monoisotopic (exact) mass is 804 g/mol. The van der Waals surface area contributed by atoms with Crippen molar-refractivity contribution in [1.29, 1.82) is 0 Å². The molecule has 0 spiro atoms. The number of aldehydes is 1. The van der Waals surface area contributed by atoms with E-state index in [1.807, 2.05) is 82.7 Å². The van der Waals surface area contributed by atoms with Crippen LogP contribution in [0.25, 0.3) is 15.4 Å². The molecule has 0 bridgehead atoms. The van der Waals surface area contributed by atoms with Gasteiger partial charge in [-0.15, -0.1) is 0 Å². The minimum absolute atomic E-state index is 0.0374. The maximum Gasteiger partial charge on any atom is 0.407 e. The lowest BCUT2D eigenvalue weighted by Crippen LogP contribution is -2.51. The highest BCUT2D eigenvalue weighted by Gasteiger charge is 2.33. The predicted molar refractivity (Wildman–Crippen MR) is 223 cm³/mol. The van der Waals surface area contributed by atoms with E-state index in [1.54, 1.807) is 23.3 Å². The van der Waals surface area contributed by atoms with E-state index in [9.17, 15) is 24.0 Å². The van der Waals surface area contributed by atoms with Crippen LogP contribution in [0.1, 0.15) is 74.1 Å². The first kappa shape index (κ1) is 51.0. The summed E-state index contributed by atoms with van der Waals surface area (Å²) >= 11 is 1.61. The maximum atomic E-state index is 12.7. The number of ether oxygens (including phenoxy) is 2. The minimum Gasteiger partial charge on any atom is -0.471 e. The molecule has 1 aliphatic rings. The second kappa shape index (κ2) is 29.3. The number of nitrogens with zero attached hydrogens (tertiary/aromatic N) is 4. The molecular formula is C39H64N8O8S. The molecule has 4 rings (SSSR count). The quantitative estimate of drug-likeness (QED) is 0.155.